The Bertz CT molecular complexity index is 1070. The number of nitrogens with zero attached hydrogens (tertiary/aromatic N) is 2. The van der Waals surface area contributed by atoms with Crippen molar-refractivity contribution in [2.45, 2.75) is 6.54 Å². The quantitative estimate of drug-likeness (QED) is 0.455. The predicted molar refractivity (Wildman–Crippen MR) is 98.5 cm³/mol. The van der Waals surface area contributed by atoms with Crippen LogP contribution in [0.1, 0.15) is 5.56 Å². The maximum atomic E-state index is 13.5. The van der Waals surface area contributed by atoms with E-state index in [4.69, 9.17) is 0 Å². The number of hydrogen-bond acceptors (Lipinski definition) is 1. The Kier molecular flexibility index (Phi) is 4.50. The Labute approximate surface area is 154 Å². The third kappa shape index (κ3) is 3.77. The summed E-state index contributed by atoms with van der Waals surface area (Å²) in [4.78, 5) is 0. The van der Waals surface area contributed by atoms with Crippen LogP contribution >= 0.6 is 0 Å². The molecule has 0 saturated carbocycles. The number of hydrogen-bond donors (Lipinski definition) is 0. The summed E-state index contributed by atoms with van der Waals surface area (Å²) in [7, 11) is 0. The second-order valence-electron chi connectivity index (χ2n) is 6.22. The van der Waals surface area contributed by atoms with Gasteiger partial charge in [0.15, 0.2) is 0 Å². The lowest BCUT2D eigenvalue weighted by Gasteiger charge is -2.08. The minimum Gasteiger partial charge on any atom is -0.260 e. The van der Waals surface area contributed by atoms with E-state index in [1.165, 1.54) is 36.4 Å². The molecular formula is C22H15F3N2. The number of aromatic nitrogens is 2. The minimum absolute atomic E-state index is 0.318. The van der Waals surface area contributed by atoms with Crippen LogP contribution in [-0.4, -0.2) is 9.78 Å². The van der Waals surface area contributed by atoms with Gasteiger partial charge in [0.25, 0.3) is 0 Å². The first-order valence-corrected chi connectivity index (χ1v) is 8.43. The van der Waals surface area contributed by atoms with Crippen LogP contribution in [-0.2, 0) is 6.54 Å². The van der Waals surface area contributed by atoms with Crippen LogP contribution in [0.4, 0.5) is 13.2 Å². The van der Waals surface area contributed by atoms with E-state index in [9.17, 15) is 13.2 Å². The van der Waals surface area contributed by atoms with Crippen molar-refractivity contribution in [3.05, 3.63) is 102 Å². The monoisotopic (exact) mass is 364 g/mol. The van der Waals surface area contributed by atoms with E-state index in [-0.39, 0.29) is 17.5 Å². The first kappa shape index (κ1) is 17.1. The summed E-state index contributed by atoms with van der Waals surface area (Å²) in [6.45, 7) is 0.353. The van der Waals surface area contributed by atoms with E-state index in [2.05, 4.69) is 5.10 Å². The van der Waals surface area contributed by atoms with E-state index < -0.39 is 0 Å². The van der Waals surface area contributed by atoms with Gasteiger partial charge in [-0.3, -0.25) is 4.68 Å². The second-order valence-corrected chi connectivity index (χ2v) is 6.22. The van der Waals surface area contributed by atoms with Crippen molar-refractivity contribution in [2.75, 3.05) is 0 Å². The zero-order valence-corrected chi connectivity index (χ0v) is 14.2. The van der Waals surface area contributed by atoms with Crippen LogP contribution in [0.5, 0.6) is 0 Å². The minimum atomic E-state index is -0.325. The first-order valence-electron chi connectivity index (χ1n) is 8.43. The molecule has 134 valence electrons. The molecule has 0 amide bonds. The molecule has 0 fully saturated rings. The lowest BCUT2D eigenvalue weighted by Crippen LogP contribution is -2.04. The van der Waals surface area contributed by atoms with Crippen LogP contribution < -0.4 is 0 Å². The van der Waals surface area contributed by atoms with E-state index in [1.807, 2.05) is 12.1 Å². The summed E-state index contributed by atoms with van der Waals surface area (Å²) < 4.78 is 41.8. The fraction of sp³-hybridized carbons (Fsp3) is 0.0455. The molecule has 0 atom stereocenters. The van der Waals surface area contributed by atoms with Gasteiger partial charge >= 0.3 is 0 Å². The van der Waals surface area contributed by atoms with Gasteiger partial charge in [-0.25, -0.2) is 13.2 Å². The molecule has 0 aliphatic carbocycles. The first-order chi connectivity index (χ1) is 13.1. The van der Waals surface area contributed by atoms with Crippen molar-refractivity contribution in [1.29, 1.82) is 0 Å². The van der Waals surface area contributed by atoms with Gasteiger partial charge in [0, 0.05) is 11.1 Å². The normalized spacial score (nSPS) is 10.9. The summed E-state index contributed by atoms with van der Waals surface area (Å²) in [5, 5.41) is 4.61. The number of halogens is 3. The van der Waals surface area contributed by atoms with Crippen molar-refractivity contribution < 1.29 is 13.2 Å². The van der Waals surface area contributed by atoms with Crippen LogP contribution in [0.15, 0.2) is 78.9 Å². The molecule has 4 aromatic rings. The highest BCUT2D eigenvalue weighted by Crippen LogP contribution is 2.27. The molecular weight excluding hydrogens is 349 g/mol. The Morgan fingerprint density at radius 3 is 1.93 bits per heavy atom. The Morgan fingerprint density at radius 1 is 0.667 bits per heavy atom. The van der Waals surface area contributed by atoms with Gasteiger partial charge in [0.1, 0.15) is 17.5 Å². The van der Waals surface area contributed by atoms with Crippen LogP contribution in [0.2, 0.25) is 0 Å². The van der Waals surface area contributed by atoms with Gasteiger partial charge in [0.05, 0.1) is 17.9 Å². The lowest BCUT2D eigenvalue weighted by atomic mass is 10.1. The average Bonchev–Trinajstić information content (AvgIpc) is 3.07. The third-order valence-electron chi connectivity index (χ3n) is 4.28. The topological polar surface area (TPSA) is 17.8 Å². The molecule has 1 heterocycles. The summed E-state index contributed by atoms with van der Waals surface area (Å²) in [5.74, 6) is -0.966. The maximum Gasteiger partial charge on any atom is 0.123 e. The Balaban J connectivity index is 1.79. The molecule has 0 N–H and O–H groups in total. The van der Waals surface area contributed by atoms with Gasteiger partial charge in [-0.05, 0) is 72.3 Å². The maximum absolute atomic E-state index is 13.5. The van der Waals surface area contributed by atoms with Gasteiger partial charge in [-0.15, -0.1) is 0 Å². The highest BCUT2D eigenvalue weighted by atomic mass is 19.1. The Morgan fingerprint density at radius 2 is 1.30 bits per heavy atom. The highest BCUT2D eigenvalue weighted by Gasteiger charge is 2.13. The molecule has 0 unspecified atom stereocenters. The summed E-state index contributed by atoms with van der Waals surface area (Å²) in [6, 6.07) is 20.3. The molecule has 0 bridgehead atoms. The van der Waals surface area contributed by atoms with Crippen molar-refractivity contribution in [3.8, 4) is 22.5 Å². The van der Waals surface area contributed by atoms with Crippen molar-refractivity contribution >= 4 is 0 Å². The van der Waals surface area contributed by atoms with Gasteiger partial charge in [-0.2, -0.15) is 5.10 Å². The highest BCUT2D eigenvalue weighted by molar-refractivity contribution is 5.68. The van der Waals surface area contributed by atoms with Gasteiger partial charge in [-0.1, -0.05) is 12.1 Å². The summed E-state index contributed by atoms with van der Waals surface area (Å²) >= 11 is 0. The fourth-order valence-electron chi connectivity index (χ4n) is 2.96. The third-order valence-corrected chi connectivity index (χ3v) is 4.28. The molecule has 1 aromatic heterocycles. The second kappa shape index (κ2) is 7.11. The smallest absolute Gasteiger partial charge is 0.123 e. The van der Waals surface area contributed by atoms with E-state index in [1.54, 1.807) is 35.0 Å². The number of benzene rings is 3. The predicted octanol–water partition coefficient (Wildman–Crippen LogP) is 5.68. The zero-order chi connectivity index (χ0) is 18.8. The molecule has 2 nitrogen and oxygen atoms in total. The van der Waals surface area contributed by atoms with Crippen molar-refractivity contribution in [3.63, 3.8) is 0 Å². The standard InChI is InChI=1S/C22H15F3N2/c23-18-8-4-16(5-9-18)21-13-22(17-6-10-19(24)11-7-17)27(26-21)14-15-2-1-3-20(25)12-15/h1-13H,14H2. The molecule has 0 radical (unpaired) electrons. The summed E-state index contributed by atoms with van der Waals surface area (Å²) in [6.07, 6.45) is 0. The van der Waals surface area contributed by atoms with Crippen LogP contribution in [0.25, 0.3) is 22.5 Å². The van der Waals surface area contributed by atoms with E-state index in [0.29, 0.717) is 12.2 Å². The SMILES string of the molecule is Fc1ccc(-c2cc(-c3ccc(F)cc3)n(Cc3cccc(F)c3)n2)cc1. The average molecular weight is 364 g/mol. The molecule has 0 spiro atoms. The van der Waals surface area contributed by atoms with Crippen LogP contribution in [0, 0.1) is 17.5 Å². The van der Waals surface area contributed by atoms with Gasteiger partial charge in [0.2, 0.25) is 0 Å². The van der Waals surface area contributed by atoms with Gasteiger partial charge < -0.3 is 0 Å². The molecule has 3 aromatic carbocycles. The molecule has 5 heteroatoms. The zero-order valence-electron chi connectivity index (χ0n) is 14.2. The number of rotatable bonds is 4. The summed E-state index contributed by atoms with van der Waals surface area (Å²) in [5.41, 5.74) is 3.72. The van der Waals surface area contributed by atoms with Crippen molar-refractivity contribution in [2.24, 2.45) is 0 Å². The largest absolute Gasteiger partial charge is 0.260 e. The molecule has 0 aliphatic rings. The van der Waals surface area contributed by atoms with E-state index in [0.717, 1.165) is 22.4 Å². The van der Waals surface area contributed by atoms with Crippen molar-refractivity contribution in [1.82, 2.24) is 9.78 Å². The molecule has 0 saturated heterocycles. The fourth-order valence-corrected chi connectivity index (χ4v) is 2.96. The van der Waals surface area contributed by atoms with Crippen LogP contribution in [0.3, 0.4) is 0 Å². The molecule has 4 rings (SSSR count). The molecule has 27 heavy (non-hydrogen) atoms. The van der Waals surface area contributed by atoms with E-state index >= 15 is 0 Å². The Hall–Kier alpha value is -3.34. The lowest BCUT2D eigenvalue weighted by molar-refractivity contribution is 0.619. The molecule has 0 aliphatic heterocycles.